The average molecular weight is 536 g/mol. The van der Waals surface area contributed by atoms with Crippen LogP contribution < -0.4 is 15.5 Å². The number of rotatable bonds is 6. The molecule has 5 aromatic rings. The minimum Gasteiger partial charge on any atom is -0.370 e. The molecule has 1 aromatic carbocycles. The summed E-state index contributed by atoms with van der Waals surface area (Å²) in [7, 11) is 0. The highest BCUT2D eigenvalue weighted by molar-refractivity contribution is 5.95. The Bertz CT molecular complexity index is 1660. The largest absolute Gasteiger partial charge is 0.370 e. The van der Waals surface area contributed by atoms with Gasteiger partial charge in [-0.15, -0.1) is 0 Å². The van der Waals surface area contributed by atoms with Gasteiger partial charge in [-0.05, 0) is 81.4 Å². The Kier molecular flexibility index (Phi) is 6.60. The molecular weight excluding hydrogens is 502 g/mol. The van der Waals surface area contributed by atoms with Crippen LogP contribution in [0.25, 0.3) is 44.8 Å². The Morgan fingerprint density at radius 3 is 2.73 bits per heavy atom. The van der Waals surface area contributed by atoms with Crippen molar-refractivity contribution in [3.05, 3.63) is 48.8 Å². The van der Waals surface area contributed by atoms with Crippen LogP contribution >= 0.6 is 0 Å². The van der Waals surface area contributed by atoms with Gasteiger partial charge in [-0.3, -0.25) is 14.9 Å². The van der Waals surface area contributed by atoms with Crippen molar-refractivity contribution in [1.82, 2.24) is 35.5 Å². The summed E-state index contributed by atoms with van der Waals surface area (Å²) in [6.07, 6.45) is 9.76. The molecule has 0 bridgehead atoms. The third kappa shape index (κ3) is 4.90. The minimum atomic E-state index is 0.0280. The van der Waals surface area contributed by atoms with E-state index in [1.807, 2.05) is 18.2 Å². The van der Waals surface area contributed by atoms with E-state index in [-0.39, 0.29) is 5.91 Å². The summed E-state index contributed by atoms with van der Waals surface area (Å²) in [4.78, 5) is 32.9. The fraction of sp³-hybridized carbons (Fsp3) is 0.367. The first-order valence-electron chi connectivity index (χ1n) is 14.3. The molecule has 2 aliphatic rings. The third-order valence-corrected chi connectivity index (χ3v) is 8.07. The van der Waals surface area contributed by atoms with E-state index in [4.69, 9.17) is 9.97 Å². The summed E-state index contributed by atoms with van der Waals surface area (Å²) in [5, 5.41) is 14.1. The number of carbonyl (C=O) groups is 1. The Morgan fingerprint density at radius 1 is 0.975 bits per heavy atom. The first-order valence-corrected chi connectivity index (χ1v) is 14.3. The normalized spacial score (nSPS) is 16.6. The van der Waals surface area contributed by atoms with Gasteiger partial charge in [0.05, 0.1) is 34.3 Å². The summed E-state index contributed by atoms with van der Waals surface area (Å²) in [5.41, 5.74) is 7.61. The zero-order valence-electron chi connectivity index (χ0n) is 22.4. The van der Waals surface area contributed by atoms with Gasteiger partial charge in [0.15, 0.2) is 11.5 Å². The number of para-hydroxylation sites is 1. The standard InChI is InChI=1S/C30H33N9O/c40-26(15-19-9-11-31-12-10-19)33-21-16-20(17-32-18-21)22-7-8-24-28(34-22)29(38-37-24)30-35-23-5-4-6-25(27(23)36-30)39-13-2-1-3-14-39/h4-8,16-19,31H,1-3,9-15H2,(H,33,40)(H,35,36)(H,37,38). The lowest BCUT2D eigenvalue weighted by atomic mass is 9.94. The molecule has 0 saturated carbocycles. The number of anilines is 2. The van der Waals surface area contributed by atoms with Crippen LogP contribution in [0.3, 0.4) is 0 Å². The van der Waals surface area contributed by atoms with E-state index in [9.17, 15) is 4.79 Å². The maximum absolute atomic E-state index is 12.7. The van der Waals surface area contributed by atoms with Crippen LogP contribution in [0.4, 0.5) is 11.4 Å². The number of benzene rings is 1. The van der Waals surface area contributed by atoms with Crippen molar-refractivity contribution in [3.8, 4) is 22.8 Å². The summed E-state index contributed by atoms with van der Waals surface area (Å²) in [6, 6.07) is 12.1. The van der Waals surface area contributed by atoms with Gasteiger partial charge in [0.25, 0.3) is 0 Å². The second kappa shape index (κ2) is 10.7. The molecule has 40 heavy (non-hydrogen) atoms. The maximum atomic E-state index is 12.7. The topological polar surface area (TPSA) is 128 Å². The predicted molar refractivity (Wildman–Crippen MR) is 157 cm³/mol. The van der Waals surface area contributed by atoms with E-state index in [1.165, 1.54) is 24.9 Å². The molecule has 0 aliphatic carbocycles. The fourth-order valence-electron chi connectivity index (χ4n) is 5.95. The molecule has 204 valence electrons. The lowest BCUT2D eigenvalue weighted by molar-refractivity contribution is -0.117. The molecule has 2 aliphatic heterocycles. The summed E-state index contributed by atoms with van der Waals surface area (Å²) in [5.74, 6) is 1.14. The van der Waals surface area contributed by atoms with E-state index in [0.717, 1.165) is 72.3 Å². The Hall–Kier alpha value is -4.31. The molecule has 10 heteroatoms. The number of aromatic amines is 2. The number of fused-ring (bicyclic) bond motifs is 2. The molecule has 7 rings (SSSR count). The van der Waals surface area contributed by atoms with Gasteiger partial charge in [0.1, 0.15) is 11.0 Å². The van der Waals surface area contributed by atoms with E-state index >= 15 is 0 Å². The quantitative estimate of drug-likeness (QED) is 0.244. The highest BCUT2D eigenvalue weighted by atomic mass is 16.1. The number of piperidine rings is 2. The van der Waals surface area contributed by atoms with Crippen molar-refractivity contribution in [3.63, 3.8) is 0 Å². The number of pyridine rings is 2. The molecule has 0 spiro atoms. The molecule has 0 radical (unpaired) electrons. The highest BCUT2D eigenvalue weighted by Crippen LogP contribution is 2.32. The van der Waals surface area contributed by atoms with Crippen molar-refractivity contribution >= 4 is 39.3 Å². The predicted octanol–water partition coefficient (Wildman–Crippen LogP) is 4.88. The van der Waals surface area contributed by atoms with Gasteiger partial charge in [0.2, 0.25) is 5.91 Å². The zero-order valence-corrected chi connectivity index (χ0v) is 22.4. The van der Waals surface area contributed by atoms with Crippen LogP contribution in [0.2, 0.25) is 0 Å². The molecule has 4 N–H and O–H groups in total. The smallest absolute Gasteiger partial charge is 0.224 e. The van der Waals surface area contributed by atoms with Crippen LogP contribution in [0.15, 0.2) is 48.8 Å². The number of carbonyl (C=O) groups excluding carboxylic acids is 1. The monoisotopic (exact) mass is 535 g/mol. The summed E-state index contributed by atoms with van der Waals surface area (Å²) in [6.45, 7) is 4.08. The van der Waals surface area contributed by atoms with Crippen molar-refractivity contribution in [2.45, 2.75) is 38.5 Å². The van der Waals surface area contributed by atoms with Crippen molar-refractivity contribution in [2.24, 2.45) is 5.92 Å². The van der Waals surface area contributed by atoms with Gasteiger partial charge in [0, 0.05) is 31.3 Å². The van der Waals surface area contributed by atoms with Gasteiger partial charge >= 0.3 is 0 Å². The van der Waals surface area contributed by atoms with Crippen molar-refractivity contribution in [2.75, 3.05) is 36.4 Å². The Balaban J connectivity index is 1.17. The summed E-state index contributed by atoms with van der Waals surface area (Å²) < 4.78 is 0. The van der Waals surface area contributed by atoms with Gasteiger partial charge in [-0.25, -0.2) is 9.97 Å². The number of imidazole rings is 1. The van der Waals surface area contributed by atoms with E-state index in [0.29, 0.717) is 29.5 Å². The fourth-order valence-corrected chi connectivity index (χ4v) is 5.95. The first-order chi connectivity index (χ1) is 19.7. The van der Waals surface area contributed by atoms with E-state index in [1.54, 1.807) is 12.4 Å². The third-order valence-electron chi connectivity index (χ3n) is 8.07. The number of H-pyrrole nitrogens is 2. The van der Waals surface area contributed by atoms with Crippen LogP contribution in [0.1, 0.15) is 38.5 Å². The molecule has 0 unspecified atom stereocenters. The van der Waals surface area contributed by atoms with Crippen molar-refractivity contribution < 1.29 is 4.79 Å². The second-order valence-electron chi connectivity index (χ2n) is 10.9. The molecular formula is C30H33N9O. The molecule has 0 atom stereocenters. The lowest BCUT2D eigenvalue weighted by Gasteiger charge is -2.28. The van der Waals surface area contributed by atoms with Gasteiger partial charge in [-0.1, -0.05) is 6.07 Å². The minimum absolute atomic E-state index is 0.0280. The molecule has 2 saturated heterocycles. The van der Waals surface area contributed by atoms with Crippen LogP contribution in [0, 0.1) is 5.92 Å². The van der Waals surface area contributed by atoms with Crippen LogP contribution in [0.5, 0.6) is 0 Å². The van der Waals surface area contributed by atoms with Gasteiger partial charge in [-0.2, -0.15) is 5.10 Å². The number of amides is 1. The molecule has 2 fully saturated rings. The number of nitrogens with zero attached hydrogens (tertiary/aromatic N) is 5. The molecule has 4 aromatic heterocycles. The average Bonchev–Trinajstić information content (AvgIpc) is 3.62. The molecule has 10 nitrogen and oxygen atoms in total. The van der Waals surface area contributed by atoms with Crippen LogP contribution in [-0.2, 0) is 4.79 Å². The molecule has 6 heterocycles. The number of aromatic nitrogens is 6. The summed E-state index contributed by atoms with van der Waals surface area (Å²) >= 11 is 0. The van der Waals surface area contributed by atoms with E-state index in [2.05, 4.69) is 53.9 Å². The Morgan fingerprint density at radius 2 is 1.85 bits per heavy atom. The van der Waals surface area contributed by atoms with E-state index < -0.39 is 0 Å². The number of hydrogen-bond acceptors (Lipinski definition) is 7. The number of nitrogens with one attached hydrogen (secondary N) is 4. The maximum Gasteiger partial charge on any atom is 0.224 e. The second-order valence-corrected chi connectivity index (χ2v) is 10.9. The lowest BCUT2D eigenvalue weighted by Crippen LogP contribution is -2.30. The molecule has 1 amide bonds. The highest BCUT2D eigenvalue weighted by Gasteiger charge is 2.20. The Labute approximate surface area is 232 Å². The number of hydrogen-bond donors (Lipinski definition) is 4. The van der Waals surface area contributed by atoms with Crippen LogP contribution in [-0.4, -0.2) is 62.2 Å². The first kappa shape index (κ1) is 24.7. The zero-order chi connectivity index (χ0) is 26.9. The van der Waals surface area contributed by atoms with Crippen molar-refractivity contribution in [1.29, 1.82) is 0 Å². The van der Waals surface area contributed by atoms with Gasteiger partial charge < -0.3 is 20.5 Å². The SMILES string of the molecule is O=C(CC1CCNCC1)Nc1cncc(-c2ccc3[nH]nc(-c4nc5c(N6CCCCC6)cccc5[nH]4)c3n2)c1.